The number of carbonyl (C=O) groups excluding carboxylic acids is 1. The van der Waals surface area contributed by atoms with E-state index in [9.17, 15) is 26.0 Å². The van der Waals surface area contributed by atoms with Crippen LogP contribution in [0.3, 0.4) is 0 Å². The Hall–Kier alpha value is -4.33. The Morgan fingerprint density at radius 1 is 0.837 bits per heavy atom. The van der Waals surface area contributed by atoms with E-state index in [2.05, 4.69) is 10.0 Å². The molecule has 5 rings (SSSR count). The van der Waals surface area contributed by atoms with Gasteiger partial charge in [0.2, 0.25) is 5.91 Å². The first-order valence-corrected chi connectivity index (χ1v) is 16.1. The zero-order chi connectivity index (χ0) is 30.8. The van der Waals surface area contributed by atoms with Gasteiger partial charge in [-0.25, -0.2) is 21.2 Å². The third-order valence-electron chi connectivity index (χ3n) is 6.38. The molecule has 1 amide bonds. The standard InChI is InChI=1S/C29H25ClFN3O7S2/c1-19-2-5-22(16-26(19)30)33-42(36,37)24-10-6-21(7-11-24)32-29(35)18-34(23-8-3-20(31)4-9-23)43(38,39)25-12-13-27-28(17-25)41-15-14-40-27/h2-13,16-17,33H,14-15,18H2,1H3,(H,32,35). The average molecular weight is 646 g/mol. The molecule has 0 spiro atoms. The Morgan fingerprint density at radius 3 is 2.14 bits per heavy atom. The highest BCUT2D eigenvalue weighted by molar-refractivity contribution is 7.93. The minimum Gasteiger partial charge on any atom is -0.486 e. The molecule has 14 heteroatoms. The SMILES string of the molecule is Cc1ccc(NS(=O)(=O)c2ccc(NC(=O)CN(c3ccc(F)cc3)S(=O)(=O)c3ccc4c(c3)OCCO4)cc2)cc1Cl. The third-order valence-corrected chi connectivity index (χ3v) is 9.95. The second-order valence-electron chi connectivity index (χ2n) is 9.44. The van der Waals surface area contributed by atoms with Gasteiger partial charge in [0.15, 0.2) is 11.5 Å². The fourth-order valence-corrected chi connectivity index (χ4v) is 6.82. The topological polar surface area (TPSA) is 131 Å². The van der Waals surface area contributed by atoms with E-state index in [1.807, 2.05) is 0 Å². The summed E-state index contributed by atoms with van der Waals surface area (Å²) in [4.78, 5) is 12.8. The number of fused-ring (bicyclic) bond motifs is 1. The van der Waals surface area contributed by atoms with E-state index in [4.69, 9.17) is 21.1 Å². The van der Waals surface area contributed by atoms with Gasteiger partial charge in [-0.2, -0.15) is 0 Å². The monoisotopic (exact) mass is 645 g/mol. The summed E-state index contributed by atoms with van der Waals surface area (Å²) in [5.41, 5.74) is 1.35. The smallest absolute Gasteiger partial charge is 0.264 e. The van der Waals surface area contributed by atoms with Crippen molar-refractivity contribution in [3.05, 3.63) is 101 Å². The second-order valence-corrected chi connectivity index (χ2v) is 13.4. The summed E-state index contributed by atoms with van der Waals surface area (Å²) >= 11 is 6.09. The van der Waals surface area contributed by atoms with E-state index in [-0.39, 0.29) is 39.2 Å². The average Bonchev–Trinajstić information content (AvgIpc) is 2.98. The summed E-state index contributed by atoms with van der Waals surface area (Å²) < 4.78 is 81.0. The van der Waals surface area contributed by atoms with Crippen LogP contribution in [0.4, 0.5) is 21.5 Å². The molecule has 0 aromatic heterocycles. The van der Waals surface area contributed by atoms with Crippen molar-refractivity contribution in [1.82, 2.24) is 0 Å². The Kier molecular flexibility index (Phi) is 8.49. The first-order chi connectivity index (χ1) is 20.4. The van der Waals surface area contributed by atoms with Crippen LogP contribution >= 0.6 is 11.6 Å². The predicted octanol–water partition coefficient (Wildman–Crippen LogP) is 5.19. The van der Waals surface area contributed by atoms with Gasteiger partial charge in [0, 0.05) is 16.8 Å². The summed E-state index contributed by atoms with van der Waals surface area (Å²) in [5, 5.41) is 2.98. The summed E-state index contributed by atoms with van der Waals surface area (Å²) in [6, 6.07) is 18.8. The molecule has 1 aliphatic rings. The van der Waals surface area contributed by atoms with Crippen LogP contribution in [0.15, 0.2) is 94.7 Å². The van der Waals surface area contributed by atoms with Crippen LogP contribution in [0.2, 0.25) is 5.02 Å². The van der Waals surface area contributed by atoms with Gasteiger partial charge in [-0.15, -0.1) is 0 Å². The Balaban J connectivity index is 1.34. The molecule has 4 aromatic carbocycles. The number of ether oxygens (including phenoxy) is 2. The lowest BCUT2D eigenvalue weighted by Gasteiger charge is -2.25. The van der Waals surface area contributed by atoms with E-state index in [0.29, 0.717) is 17.4 Å². The van der Waals surface area contributed by atoms with Gasteiger partial charge in [-0.1, -0.05) is 17.7 Å². The van der Waals surface area contributed by atoms with Gasteiger partial charge in [0.25, 0.3) is 20.0 Å². The highest BCUT2D eigenvalue weighted by Gasteiger charge is 2.29. The van der Waals surface area contributed by atoms with Crippen LogP contribution in [0.5, 0.6) is 11.5 Å². The van der Waals surface area contributed by atoms with Gasteiger partial charge < -0.3 is 14.8 Å². The largest absolute Gasteiger partial charge is 0.486 e. The summed E-state index contributed by atoms with van der Waals surface area (Å²) in [5.74, 6) is -0.682. The molecule has 1 aliphatic heterocycles. The molecule has 0 bridgehead atoms. The van der Waals surface area contributed by atoms with Crippen molar-refractivity contribution in [3.63, 3.8) is 0 Å². The maximum Gasteiger partial charge on any atom is 0.264 e. The van der Waals surface area contributed by atoms with Crippen LogP contribution in [0.1, 0.15) is 5.56 Å². The molecule has 1 heterocycles. The number of sulfonamides is 2. The molecule has 0 saturated heterocycles. The number of aryl methyl sites for hydroxylation is 1. The lowest BCUT2D eigenvalue weighted by Crippen LogP contribution is -2.38. The normalized spacial score (nSPS) is 12.8. The van der Waals surface area contributed by atoms with E-state index in [0.717, 1.165) is 22.0 Å². The van der Waals surface area contributed by atoms with Gasteiger partial charge >= 0.3 is 0 Å². The van der Waals surface area contributed by atoms with E-state index in [1.165, 1.54) is 60.7 Å². The Morgan fingerprint density at radius 2 is 1.47 bits per heavy atom. The molecule has 0 unspecified atom stereocenters. The number of benzene rings is 4. The van der Waals surface area contributed by atoms with Crippen LogP contribution in [-0.4, -0.2) is 42.5 Å². The highest BCUT2D eigenvalue weighted by Crippen LogP contribution is 2.34. The first kappa shape index (κ1) is 30.1. The second kappa shape index (κ2) is 12.1. The number of halogens is 2. The van der Waals surface area contributed by atoms with Crippen molar-refractivity contribution in [3.8, 4) is 11.5 Å². The zero-order valence-electron chi connectivity index (χ0n) is 22.6. The number of rotatable bonds is 9. The molecule has 0 fully saturated rings. The zero-order valence-corrected chi connectivity index (χ0v) is 25.0. The molecular weight excluding hydrogens is 621 g/mol. The van der Waals surface area contributed by atoms with E-state index >= 15 is 0 Å². The molecule has 0 saturated carbocycles. The molecule has 43 heavy (non-hydrogen) atoms. The molecular formula is C29H25ClFN3O7S2. The molecule has 0 radical (unpaired) electrons. The lowest BCUT2D eigenvalue weighted by molar-refractivity contribution is -0.114. The number of carbonyl (C=O) groups is 1. The van der Waals surface area contributed by atoms with Gasteiger partial charge in [0.1, 0.15) is 25.6 Å². The van der Waals surface area contributed by atoms with E-state index < -0.39 is 38.3 Å². The number of anilines is 3. The van der Waals surface area contributed by atoms with Crippen molar-refractivity contribution >= 4 is 54.6 Å². The molecule has 0 atom stereocenters. The molecule has 0 aliphatic carbocycles. The van der Waals surface area contributed by atoms with Gasteiger partial charge in [-0.05, 0) is 85.3 Å². The first-order valence-electron chi connectivity index (χ1n) is 12.8. The summed E-state index contributed by atoms with van der Waals surface area (Å²) in [7, 11) is -8.29. The maximum atomic E-state index is 13.7. The quantitative estimate of drug-likeness (QED) is 0.256. The number of nitrogens with one attached hydrogen (secondary N) is 2. The van der Waals surface area contributed by atoms with Crippen LogP contribution in [-0.2, 0) is 24.8 Å². The van der Waals surface area contributed by atoms with Crippen molar-refractivity contribution < 1.29 is 35.5 Å². The number of hydrogen-bond donors (Lipinski definition) is 2. The van der Waals surface area contributed by atoms with Gasteiger partial charge in [0.05, 0.1) is 21.2 Å². The van der Waals surface area contributed by atoms with Crippen molar-refractivity contribution in [2.45, 2.75) is 16.7 Å². The summed E-state index contributed by atoms with van der Waals surface area (Å²) in [6.45, 7) is 1.70. The van der Waals surface area contributed by atoms with Crippen LogP contribution in [0, 0.1) is 12.7 Å². The number of nitrogens with zero attached hydrogens (tertiary/aromatic N) is 1. The minimum absolute atomic E-state index is 0.0511. The lowest BCUT2D eigenvalue weighted by atomic mass is 10.2. The van der Waals surface area contributed by atoms with Crippen LogP contribution in [0.25, 0.3) is 0 Å². The Bertz CT molecular complexity index is 1890. The molecule has 4 aromatic rings. The third kappa shape index (κ3) is 6.85. The maximum absolute atomic E-state index is 13.7. The summed E-state index contributed by atoms with van der Waals surface area (Å²) in [6.07, 6.45) is 0. The highest BCUT2D eigenvalue weighted by atomic mass is 35.5. The fraction of sp³-hybridized carbons (Fsp3) is 0.138. The number of amides is 1. The van der Waals surface area contributed by atoms with Crippen LogP contribution < -0.4 is 23.8 Å². The van der Waals surface area contributed by atoms with Crippen molar-refractivity contribution in [2.75, 3.05) is 34.1 Å². The Labute approximate surface area is 253 Å². The van der Waals surface area contributed by atoms with Gasteiger partial charge in [-0.3, -0.25) is 13.8 Å². The fourth-order valence-electron chi connectivity index (χ4n) is 4.15. The molecule has 2 N–H and O–H groups in total. The van der Waals surface area contributed by atoms with E-state index in [1.54, 1.807) is 19.1 Å². The number of hydrogen-bond acceptors (Lipinski definition) is 7. The molecule has 10 nitrogen and oxygen atoms in total. The molecule has 224 valence electrons. The predicted molar refractivity (Wildman–Crippen MR) is 160 cm³/mol. The van der Waals surface area contributed by atoms with Crippen molar-refractivity contribution in [1.29, 1.82) is 0 Å². The minimum atomic E-state index is -4.33. The van der Waals surface area contributed by atoms with Crippen molar-refractivity contribution in [2.24, 2.45) is 0 Å².